The first-order valence-electron chi connectivity index (χ1n) is 15.5. The second-order valence-electron chi connectivity index (χ2n) is 13.5. The normalized spacial score (nSPS) is 14.0. The summed E-state index contributed by atoms with van der Waals surface area (Å²) >= 11 is 3.27. The molecule has 0 aliphatic heterocycles. The van der Waals surface area contributed by atoms with Crippen molar-refractivity contribution in [3.63, 3.8) is 0 Å². The summed E-state index contributed by atoms with van der Waals surface area (Å²) in [5, 5.41) is 2.57. The van der Waals surface area contributed by atoms with E-state index in [4.69, 9.17) is 20.9 Å². The van der Waals surface area contributed by atoms with Gasteiger partial charge in [-0.05, 0) is 105 Å². The third-order valence-electron chi connectivity index (χ3n) is 6.85. The molecule has 3 rings (SSSR count). The third kappa shape index (κ3) is 14.2. The van der Waals surface area contributed by atoms with Crippen molar-refractivity contribution in [3.8, 4) is 22.6 Å². The molecule has 3 aromatic rings. The average Bonchev–Trinajstić information content (AvgIpc) is 2.94. The minimum atomic E-state index is -3.34. The number of aryl methyl sites for hydroxylation is 1. The van der Waals surface area contributed by atoms with Gasteiger partial charge >= 0.3 is 6.09 Å². The van der Waals surface area contributed by atoms with Crippen LogP contribution in [0.3, 0.4) is 0 Å². The molecular formula is C35H51BrN4O6S. The lowest BCUT2D eigenvalue weighted by atomic mass is 9.93. The number of hydrogen-bond donors (Lipinski definition) is 3. The number of carbonyl (C=O) groups is 1. The zero-order valence-corrected chi connectivity index (χ0v) is 31.4. The summed E-state index contributed by atoms with van der Waals surface area (Å²) in [5.41, 5.74) is 14.6. The number of nitrogens with two attached hydrogens (primary N) is 2. The molecule has 0 bridgehead atoms. The summed E-state index contributed by atoms with van der Waals surface area (Å²) in [6, 6.07) is 14.6. The molecule has 0 aliphatic carbocycles. The van der Waals surface area contributed by atoms with Crippen molar-refractivity contribution in [2.45, 2.75) is 77.3 Å². The van der Waals surface area contributed by atoms with Crippen LogP contribution in [-0.4, -0.2) is 57.2 Å². The van der Waals surface area contributed by atoms with Gasteiger partial charge in [0.1, 0.15) is 35.4 Å². The average molecular weight is 736 g/mol. The topological polar surface area (TPSA) is 156 Å². The van der Waals surface area contributed by atoms with E-state index in [-0.39, 0.29) is 17.0 Å². The molecule has 12 heteroatoms. The number of methoxy groups -OCH3 is 1. The second kappa shape index (κ2) is 17.3. The fourth-order valence-electron chi connectivity index (χ4n) is 5.18. The summed E-state index contributed by atoms with van der Waals surface area (Å²) in [6.45, 7) is 15.2. The van der Waals surface area contributed by atoms with Crippen LogP contribution < -0.4 is 26.3 Å². The predicted octanol–water partition coefficient (Wildman–Crippen LogP) is 7.37. The van der Waals surface area contributed by atoms with Gasteiger partial charge in [0.2, 0.25) is 0 Å². The van der Waals surface area contributed by atoms with Gasteiger partial charge in [-0.25, -0.2) is 18.2 Å². The number of rotatable bonds is 13. The number of ether oxygens (including phenoxy) is 3. The first-order valence-corrected chi connectivity index (χ1v) is 18.1. The molecule has 0 radical (unpaired) electrons. The summed E-state index contributed by atoms with van der Waals surface area (Å²) in [4.78, 5) is 15.6. The van der Waals surface area contributed by atoms with E-state index in [0.29, 0.717) is 34.5 Å². The lowest BCUT2D eigenvalue weighted by molar-refractivity contribution is 0.187. The number of anilines is 1. The number of carbonyl (C=O) groups excluding carboxylic acids is 1. The fourth-order valence-corrected chi connectivity index (χ4v) is 6.53. The van der Waals surface area contributed by atoms with Gasteiger partial charge in [0.25, 0.3) is 0 Å². The van der Waals surface area contributed by atoms with E-state index in [1.165, 1.54) is 7.11 Å². The molecule has 0 aliphatic rings. The molecule has 260 valence electrons. The van der Waals surface area contributed by atoms with Crippen molar-refractivity contribution < 1.29 is 27.4 Å². The molecule has 10 nitrogen and oxygen atoms in total. The Labute approximate surface area is 289 Å². The maximum atomic E-state index is 11.8. The maximum absolute atomic E-state index is 11.8. The minimum Gasteiger partial charge on any atom is -0.491 e. The van der Waals surface area contributed by atoms with Gasteiger partial charge in [-0.3, -0.25) is 5.32 Å². The molecule has 0 saturated heterocycles. The standard InChI is InChI=1S/C21H29N3O3.C14H22BrNO3S/c1-14(2)12-21(4,22)13-27-18-7-6-16(10-15(18)3)17-8-9-23-19(11-17)24-20(25)26-5;1-10(2)8-14(3,16)9-19-12-6-5-11(15)7-13(12)20(4,17)18/h6-11,14H,12-13,22H2,1-5H3,(H,23,24,25);5-7,10H,8-9,16H2,1-4H3/t21-;14-/m00/s1. The van der Waals surface area contributed by atoms with Gasteiger partial charge in [-0.2, -0.15) is 0 Å². The molecule has 0 spiro atoms. The highest BCUT2D eigenvalue weighted by Crippen LogP contribution is 2.30. The number of nitrogens with zero attached hydrogens (tertiary/aromatic N) is 1. The van der Waals surface area contributed by atoms with E-state index < -0.39 is 21.5 Å². The Kier molecular flexibility index (Phi) is 14.7. The highest BCUT2D eigenvalue weighted by molar-refractivity contribution is 9.10. The van der Waals surface area contributed by atoms with Gasteiger partial charge < -0.3 is 25.7 Å². The van der Waals surface area contributed by atoms with Crippen LogP contribution in [0.2, 0.25) is 0 Å². The van der Waals surface area contributed by atoms with Gasteiger partial charge in [-0.15, -0.1) is 0 Å². The number of benzene rings is 2. The number of hydrogen-bond acceptors (Lipinski definition) is 9. The summed E-state index contributed by atoms with van der Waals surface area (Å²) < 4.78 is 40.5. The lowest BCUT2D eigenvalue weighted by Gasteiger charge is -2.27. The van der Waals surface area contributed by atoms with Crippen LogP contribution in [0.5, 0.6) is 11.5 Å². The van der Waals surface area contributed by atoms with Crippen molar-refractivity contribution in [2.75, 3.05) is 31.9 Å². The molecule has 0 unspecified atom stereocenters. The summed E-state index contributed by atoms with van der Waals surface area (Å²) in [7, 11) is -2.03. The Balaban J connectivity index is 0.000000343. The van der Waals surface area contributed by atoms with E-state index in [1.54, 1.807) is 30.5 Å². The van der Waals surface area contributed by atoms with Gasteiger partial charge in [0, 0.05) is 28.0 Å². The first kappa shape index (κ1) is 40.0. The number of nitrogens with one attached hydrogen (secondary N) is 1. The van der Waals surface area contributed by atoms with Crippen LogP contribution in [0, 0.1) is 18.8 Å². The first-order chi connectivity index (χ1) is 21.7. The second-order valence-corrected chi connectivity index (χ2v) is 16.4. The van der Waals surface area contributed by atoms with E-state index in [9.17, 15) is 13.2 Å². The number of sulfone groups is 1. The van der Waals surface area contributed by atoms with Crippen LogP contribution in [0.4, 0.5) is 10.6 Å². The highest BCUT2D eigenvalue weighted by atomic mass is 79.9. The van der Waals surface area contributed by atoms with E-state index in [1.807, 2.05) is 45.0 Å². The largest absolute Gasteiger partial charge is 0.491 e. The molecule has 1 aromatic heterocycles. The molecular weight excluding hydrogens is 684 g/mol. The minimum absolute atomic E-state index is 0.173. The number of halogens is 1. The molecule has 1 heterocycles. The molecule has 0 saturated carbocycles. The van der Waals surface area contributed by atoms with Crippen LogP contribution >= 0.6 is 15.9 Å². The fraction of sp³-hybridized carbons (Fsp3) is 0.486. The van der Waals surface area contributed by atoms with Crippen molar-refractivity contribution in [3.05, 3.63) is 64.8 Å². The maximum Gasteiger partial charge on any atom is 0.412 e. The van der Waals surface area contributed by atoms with Crippen molar-refractivity contribution in [1.29, 1.82) is 0 Å². The zero-order valence-electron chi connectivity index (χ0n) is 29.0. The van der Waals surface area contributed by atoms with E-state index >= 15 is 0 Å². The molecule has 1 amide bonds. The molecule has 0 fully saturated rings. The Morgan fingerprint density at radius 2 is 1.43 bits per heavy atom. The summed E-state index contributed by atoms with van der Waals surface area (Å²) in [6.07, 6.45) is 3.96. The van der Waals surface area contributed by atoms with Gasteiger partial charge in [0.15, 0.2) is 9.84 Å². The van der Waals surface area contributed by atoms with E-state index in [2.05, 4.69) is 58.7 Å². The van der Waals surface area contributed by atoms with Crippen molar-refractivity contribution in [2.24, 2.45) is 23.3 Å². The van der Waals surface area contributed by atoms with Gasteiger partial charge in [0.05, 0.1) is 7.11 Å². The van der Waals surface area contributed by atoms with Crippen LogP contribution in [0.15, 0.2) is 64.1 Å². The smallest absolute Gasteiger partial charge is 0.412 e. The van der Waals surface area contributed by atoms with Gasteiger partial charge in [-0.1, -0.05) is 49.7 Å². The lowest BCUT2D eigenvalue weighted by Crippen LogP contribution is -2.43. The Morgan fingerprint density at radius 3 is 1.94 bits per heavy atom. The van der Waals surface area contributed by atoms with Crippen LogP contribution in [0.25, 0.3) is 11.1 Å². The molecule has 2 aromatic carbocycles. The monoisotopic (exact) mass is 734 g/mol. The van der Waals surface area contributed by atoms with Crippen LogP contribution in [-0.2, 0) is 14.6 Å². The predicted molar refractivity (Wildman–Crippen MR) is 193 cm³/mol. The number of pyridine rings is 1. The number of aromatic nitrogens is 1. The SMILES string of the molecule is CC(C)C[C@](C)(N)COc1ccc(Br)cc1S(C)(=O)=O.COC(=O)Nc1cc(-c2ccc(OC[C@@](C)(N)CC(C)C)c(C)c2)ccn1. The summed E-state index contributed by atoms with van der Waals surface area (Å²) in [5.74, 6) is 2.57. The molecule has 47 heavy (non-hydrogen) atoms. The molecule has 2 atom stereocenters. The number of amides is 1. The highest BCUT2D eigenvalue weighted by Gasteiger charge is 2.24. The van der Waals surface area contributed by atoms with Crippen molar-refractivity contribution >= 4 is 37.7 Å². The van der Waals surface area contributed by atoms with E-state index in [0.717, 1.165) is 41.5 Å². The third-order valence-corrected chi connectivity index (χ3v) is 8.46. The van der Waals surface area contributed by atoms with Crippen LogP contribution in [0.1, 0.15) is 59.9 Å². The Bertz CT molecular complexity index is 1590. The Hall–Kier alpha value is -3.19. The zero-order chi connectivity index (χ0) is 35.6. The molecule has 5 N–H and O–H groups in total. The van der Waals surface area contributed by atoms with Crippen molar-refractivity contribution in [1.82, 2.24) is 4.98 Å². The quantitative estimate of drug-likeness (QED) is 0.163. The Morgan fingerprint density at radius 1 is 0.894 bits per heavy atom.